The number of morpholine rings is 1. The van der Waals surface area contributed by atoms with Gasteiger partial charge < -0.3 is 14.7 Å². The number of rotatable bonds is 4. The second-order valence-electron chi connectivity index (χ2n) is 7.91. The fraction of sp³-hybridized carbons (Fsp3) is 0.600. The number of amides is 1. The van der Waals surface area contributed by atoms with Crippen molar-refractivity contribution in [3.8, 4) is 0 Å². The molecule has 0 aliphatic carbocycles. The summed E-state index contributed by atoms with van der Waals surface area (Å²) < 4.78 is 37.9. The molecule has 4 heterocycles. The number of piperidine rings is 1. The van der Waals surface area contributed by atoms with Crippen LogP contribution in [0.15, 0.2) is 17.0 Å². The zero-order valence-corrected chi connectivity index (χ0v) is 19.8. The van der Waals surface area contributed by atoms with E-state index in [-0.39, 0.29) is 24.2 Å². The molecular weight excluding hydrogens is 481 g/mol. The molecule has 2 saturated heterocycles. The fourth-order valence-electron chi connectivity index (χ4n) is 3.96. The van der Waals surface area contributed by atoms with Gasteiger partial charge in [-0.05, 0) is 26.7 Å². The normalized spacial score (nSPS) is 21.1. The largest absolute Gasteiger partial charge is 0.490 e. The van der Waals surface area contributed by atoms with E-state index in [1.165, 1.54) is 0 Å². The number of aromatic nitrogens is 2. The minimum atomic E-state index is -5.08. The predicted octanol–water partition coefficient (Wildman–Crippen LogP) is 3.32. The number of hydrogen-bond donors (Lipinski definition) is 1. The van der Waals surface area contributed by atoms with Crippen LogP contribution in [0.5, 0.6) is 0 Å². The number of hydrogen-bond acceptors (Lipinski definition) is 8. The highest BCUT2D eigenvalue weighted by atomic mass is 32.1. The molecule has 1 amide bonds. The van der Waals surface area contributed by atoms with Gasteiger partial charge in [-0.15, -0.1) is 22.7 Å². The number of alkyl halides is 3. The molecule has 8 nitrogen and oxygen atoms in total. The number of carboxylic acid groups (broad SMARTS) is 1. The molecule has 0 aromatic carbocycles. The Morgan fingerprint density at radius 3 is 2.48 bits per heavy atom. The van der Waals surface area contributed by atoms with Gasteiger partial charge in [0, 0.05) is 30.0 Å². The van der Waals surface area contributed by atoms with Crippen molar-refractivity contribution < 1.29 is 32.6 Å². The number of nitrogens with zero attached hydrogens (tertiary/aromatic N) is 4. The van der Waals surface area contributed by atoms with Crippen LogP contribution in [0, 0.1) is 6.92 Å². The molecule has 2 aromatic heterocycles. The zero-order chi connectivity index (χ0) is 24.2. The third-order valence-electron chi connectivity index (χ3n) is 5.82. The Morgan fingerprint density at radius 1 is 1.30 bits per heavy atom. The van der Waals surface area contributed by atoms with Crippen molar-refractivity contribution in [1.29, 1.82) is 0 Å². The topological polar surface area (TPSA) is 95.9 Å². The highest BCUT2D eigenvalue weighted by Gasteiger charge is 2.48. The van der Waals surface area contributed by atoms with Crippen LogP contribution in [-0.4, -0.2) is 74.3 Å². The summed E-state index contributed by atoms with van der Waals surface area (Å²) in [6, 6.07) is 0.0627. The summed E-state index contributed by atoms with van der Waals surface area (Å²) in [5.74, 6) is -2.69. The number of carbonyl (C=O) groups excluding carboxylic acids is 1. The monoisotopic (exact) mass is 506 g/mol. The molecule has 33 heavy (non-hydrogen) atoms. The second kappa shape index (κ2) is 10.5. The fourth-order valence-corrected chi connectivity index (χ4v) is 5.22. The molecule has 2 aliphatic heterocycles. The molecule has 0 saturated carbocycles. The Kier molecular flexibility index (Phi) is 8.08. The van der Waals surface area contributed by atoms with Gasteiger partial charge in [0.15, 0.2) is 0 Å². The van der Waals surface area contributed by atoms with Crippen LogP contribution >= 0.6 is 22.7 Å². The van der Waals surface area contributed by atoms with Gasteiger partial charge in [0.25, 0.3) is 0 Å². The van der Waals surface area contributed by atoms with E-state index in [1.807, 2.05) is 28.8 Å². The quantitative estimate of drug-likeness (QED) is 0.680. The van der Waals surface area contributed by atoms with Crippen LogP contribution < -0.4 is 0 Å². The van der Waals surface area contributed by atoms with E-state index < -0.39 is 12.1 Å². The highest BCUT2D eigenvalue weighted by molar-refractivity contribution is 7.09. The zero-order valence-electron chi connectivity index (χ0n) is 18.2. The van der Waals surface area contributed by atoms with Crippen LogP contribution in [-0.2, 0) is 27.4 Å². The van der Waals surface area contributed by atoms with Crippen molar-refractivity contribution in [3.63, 3.8) is 0 Å². The summed E-state index contributed by atoms with van der Waals surface area (Å²) >= 11 is 3.34. The van der Waals surface area contributed by atoms with Gasteiger partial charge in [-0.25, -0.2) is 14.8 Å². The lowest BCUT2D eigenvalue weighted by molar-refractivity contribution is -0.192. The summed E-state index contributed by atoms with van der Waals surface area (Å²) in [6.45, 7) is 7.75. The van der Waals surface area contributed by atoms with Crippen LogP contribution in [0.3, 0.4) is 0 Å². The smallest absolute Gasteiger partial charge is 0.475 e. The Hall–Kier alpha value is -2.09. The van der Waals surface area contributed by atoms with Gasteiger partial charge in [0.05, 0.1) is 35.4 Å². The predicted molar refractivity (Wildman–Crippen MR) is 116 cm³/mol. The Morgan fingerprint density at radius 2 is 1.97 bits per heavy atom. The molecule has 1 N–H and O–H groups in total. The molecule has 1 atom stereocenters. The van der Waals surface area contributed by atoms with Gasteiger partial charge in [-0.2, -0.15) is 13.2 Å². The number of aliphatic carboxylic acids is 1. The van der Waals surface area contributed by atoms with Crippen molar-refractivity contribution in [2.24, 2.45) is 0 Å². The first-order chi connectivity index (χ1) is 15.5. The third kappa shape index (κ3) is 6.49. The Bertz CT molecular complexity index is 944. The van der Waals surface area contributed by atoms with Gasteiger partial charge in [-0.1, -0.05) is 0 Å². The van der Waals surface area contributed by atoms with Crippen molar-refractivity contribution >= 4 is 34.6 Å². The molecular formula is C20H25F3N4O4S2. The summed E-state index contributed by atoms with van der Waals surface area (Å²) in [5.41, 5.74) is 0.740. The average molecular weight is 507 g/mol. The van der Waals surface area contributed by atoms with Crippen molar-refractivity contribution in [2.75, 3.05) is 19.7 Å². The molecule has 0 bridgehead atoms. The van der Waals surface area contributed by atoms with Gasteiger partial charge >= 0.3 is 12.1 Å². The van der Waals surface area contributed by atoms with E-state index in [9.17, 15) is 18.0 Å². The standard InChI is InChI=1S/C18H24N4O2S2.C2HF3O2/c1-13-18(3-6-21(7-4-18)10-16-19-5-8-25-16)24-11-17(23)22(13)9-15-12-26-14(2)20-15;3-2(4,5)1(6)7/h5,8,12-13H,3-4,6-7,9-11H2,1-2H3;(H,6,7). The molecule has 0 radical (unpaired) electrons. The number of thiazole rings is 2. The summed E-state index contributed by atoms with van der Waals surface area (Å²) in [5, 5.41) is 13.4. The molecule has 13 heteroatoms. The molecule has 1 spiro atoms. The van der Waals surface area contributed by atoms with Crippen LogP contribution in [0.1, 0.15) is 35.5 Å². The molecule has 4 rings (SSSR count). The number of halogens is 3. The van der Waals surface area contributed by atoms with Crippen molar-refractivity contribution in [2.45, 2.75) is 57.6 Å². The second-order valence-corrected chi connectivity index (χ2v) is 9.96. The van der Waals surface area contributed by atoms with E-state index in [2.05, 4.69) is 21.8 Å². The van der Waals surface area contributed by atoms with Gasteiger partial charge in [0.1, 0.15) is 11.6 Å². The van der Waals surface area contributed by atoms with E-state index >= 15 is 0 Å². The van der Waals surface area contributed by atoms with Crippen LogP contribution in [0.2, 0.25) is 0 Å². The lowest BCUT2D eigenvalue weighted by Gasteiger charge is -2.51. The molecule has 1 unspecified atom stereocenters. The first kappa shape index (κ1) is 25.5. The number of ether oxygens (including phenoxy) is 1. The number of aryl methyl sites for hydroxylation is 1. The minimum absolute atomic E-state index is 0.0627. The number of likely N-dealkylation sites (tertiary alicyclic amines) is 1. The number of carbonyl (C=O) groups is 2. The van der Waals surface area contributed by atoms with Crippen molar-refractivity contribution in [1.82, 2.24) is 19.8 Å². The van der Waals surface area contributed by atoms with Gasteiger partial charge in [0.2, 0.25) is 5.91 Å². The van der Waals surface area contributed by atoms with Crippen LogP contribution in [0.25, 0.3) is 0 Å². The van der Waals surface area contributed by atoms with E-state index in [0.29, 0.717) is 6.54 Å². The summed E-state index contributed by atoms with van der Waals surface area (Å²) in [6.07, 6.45) is -1.33. The van der Waals surface area contributed by atoms with Gasteiger partial charge in [-0.3, -0.25) is 9.69 Å². The Labute approximate surface area is 197 Å². The Balaban J connectivity index is 0.000000383. The maximum atomic E-state index is 12.5. The first-order valence-corrected chi connectivity index (χ1v) is 12.0. The summed E-state index contributed by atoms with van der Waals surface area (Å²) in [7, 11) is 0. The maximum Gasteiger partial charge on any atom is 0.490 e. The minimum Gasteiger partial charge on any atom is -0.475 e. The molecule has 2 aliphatic rings. The van der Waals surface area contributed by atoms with E-state index in [0.717, 1.165) is 48.2 Å². The average Bonchev–Trinajstić information content (AvgIpc) is 3.41. The van der Waals surface area contributed by atoms with Crippen LogP contribution in [0.4, 0.5) is 13.2 Å². The maximum absolute atomic E-state index is 12.5. The lowest BCUT2D eigenvalue weighted by Crippen LogP contribution is -2.63. The van der Waals surface area contributed by atoms with E-state index in [1.54, 1.807) is 22.7 Å². The van der Waals surface area contributed by atoms with E-state index in [4.69, 9.17) is 14.6 Å². The molecule has 2 fully saturated rings. The molecule has 182 valence electrons. The third-order valence-corrected chi connectivity index (χ3v) is 7.41. The van der Waals surface area contributed by atoms with Crippen molar-refractivity contribution in [3.05, 3.63) is 32.7 Å². The highest BCUT2D eigenvalue weighted by Crippen LogP contribution is 2.36. The first-order valence-electron chi connectivity index (χ1n) is 10.3. The summed E-state index contributed by atoms with van der Waals surface area (Å²) in [4.78, 5) is 34.7. The number of carboxylic acids is 1. The molecule has 2 aromatic rings. The lowest BCUT2D eigenvalue weighted by atomic mass is 9.82. The SMILES string of the molecule is Cc1nc(CN2C(=O)COC3(CCN(Cc4nccs4)CC3)C2C)cs1.O=C(O)C(F)(F)F.